The van der Waals surface area contributed by atoms with Crippen LogP contribution >= 0.6 is 0 Å². The Morgan fingerprint density at radius 3 is 2.52 bits per heavy atom. The van der Waals surface area contributed by atoms with Gasteiger partial charge in [-0.25, -0.2) is 0 Å². The van der Waals surface area contributed by atoms with E-state index in [4.69, 9.17) is 15.0 Å². The van der Waals surface area contributed by atoms with Crippen LogP contribution < -0.4 is 10.5 Å². The molecule has 3 rings (SSSR count). The highest BCUT2D eigenvalue weighted by atomic mass is 16.5. The molecule has 2 aromatic heterocycles. The van der Waals surface area contributed by atoms with E-state index in [1.165, 1.54) is 0 Å². The predicted molar refractivity (Wildman–Crippen MR) is 80.9 cm³/mol. The van der Waals surface area contributed by atoms with Crippen molar-refractivity contribution in [1.82, 2.24) is 10.1 Å². The number of pyridine rings is 1. The van der Waals surface area contributed by atoms with Gasteiger partial charge in [-0.15, -0.1) is 0 Å². The van der Waals surface area contributed by atoms with E-state index in [0.717, 1.165) is 28.1 Å². The number of hydrogen-bond donors (Lipinski definition) is 1. The van der Waals surface area contributed by atoms with E-state index in [1.54, 1.807) is 13.3 Å². The second-order valence-corrected chi connectivity index (χ2v) is 4.69. The molecular formula is C16H15N3O2. The first-order valence-corrected chi connectivity index (χ1v) is 6.51. The molecule has 0 amide bonds. The molecule has 2 heterocycles. The van der Waals surface area contributed by atoms with Crippen LogP contribution in [0.2, 0.25) is 0 Å². The Morgan fingerprint density at radius 2 is 1.86 bits per heavy atom. The second-order valence-electron chi connectivity index (χ2n) is 4.69. The number of rotatable bonds is 3. The summed E-state index contributed by atoms with van der Waals surface area (Å²) in [6, 6.07) is 11.4. The van der Waals surface area contributed by atoms with Crippen LogP contribution in [0.4, 0.5) is 5.82 Å². The topological polar surface area (TPSA) is 74.2 Å². The zero-order chi connectivity index (χ0) is 14.8. The first-order valence-electron chi connectivity index (χ1n) is 6.51. The molecule has 5 nitrogen and oxygen atoms in total. The van der Waals surface area contributed by atoms with Crippen molar-refractivity contribution in [2.45, 2.75) is 6.92 Å². The zero-order valence-electron chi connectivity index (χ0n) is 11.8. The van der Waals surface area contributed by atoms with E-state index in [1.807, 2.05) is 43.3 Å². The van der Waals surface area contributed by atoms with Crippen LogP contribution in [0.25, 0.3) is 22.5 Å². The summed E-state index contributed by atoms with van der Waals surface area (Å²) in [7, 11) is 1.63. The average Bonchev–Trinajstić information content (AvgIpc) is 2.89. The monoisotopic (exact) mass is 281 g/mol. The normalized spacial score (nSPS) is 10.6. The lowest BCUT2D eigenvalue weighted by molar-refractivity contribution is 0.415. The number of aromatic nitrogens is 2. The van der Waals surface area contributed by atoms with E-state index >= 15 is 0 Å². The summed E-state index contributed by atoms with van der Waals surface area (Å²) in [4.78, 5) is 4.19. The van der Waals surface area contributed by atoms with Crippen molar-refractivity contribution in [3.05, 3.63) is 48.3 Å². The molecule has 0 bridgehead atoms. The number of aryl methyl sites for hydroxylation is 1. The molecular weight excluding hydrogens is 266 g/mol. The van der Waals surface area contributed by atoms with Gasteiger partial charge in [0.1, 0.15) is 5.75 Å². The maximum atomic E-state index is 5.97. The van der Waals surface area contributed by atoms with Crippen LogP contribution in [0.1, 0.15) is 5.69 Å². The number of benzene rings is 1. The molecule has 5 heteroatoms. The van der Waals surface area contributed by atoms with Gasteiger partial charge >= 0.3 is 0 Å². The predicted octanol–water partition coefficient (Wildman–Crippen LogP) is 3.30. The maximum Gasteiger partial charge on any atom is 0.177 e. The largest absolute Gasteiger partial charge is 0.497 e. The first-order chi connectivity index (χ1) is 10.2. The molecule has 0 aliphatic heterocycles. The summed E-state index contributed by atoms with van der Waals surface area (Å²) in [5, 5.41) is 3.89. The van der Waals surface area contributed by atoms with Crippen molar-refractivity contribution in [2.75, 3.05) is 12.8 Å². The lowest BCUT2D eigenvalue weighted by Gasteiger charge is -2.05. The molecule has 0 radical (unpaired) electrons. The molecule has 106 valence electrons. The smallest absolute Gasteiger partial charge is 0.177 e. The lowest BCUT2D eigenvalue weighted by atomic mass is 10.0. The third-order valence-corrected chi connectivity index (χ3v) is 3.26. The molecule has 0 unspecified atom stereocenters. The van der Waals surface area contributed by atoms with Gasteiger partial charge in [-0.2, -0.15) is 0 Å². The molecule has 0 spiro atoms. The Morgan fingerprint density at radius 1 is 1.10 bits per heavy atom. The van der Waals surface area contributed by atoms with Crippen molar-refractivity contribution in [3.8, 4) is 28.2 Å². The highest BCUT2D eigenvalue weighted by Crippen LogP contribution is 2.37. The fourth-order valence-electron chi connectivity index (χ4n) is 2.22. The molecule has 0 aliphatic rings. The van der Waals surface area contributed by atoms with E-state index < -0.39 is 0 Å². The molecule has 2 N–H and O–H groups in total. The molecule has 0 saturated heterocycles. The lowest BCUT2D eigenvalue weighted by Crippen LogP contribution is -1.90. The van der Waals surface area contributed by atoms with Gasteiger partial charge in [0.25, 0.3) is 0 Å². The van der Waals surface area contributed by atoms with E-state index in [0.29, 0.717) is 11.6 Å². The van der Waals surface area contributed by atoms with Crippen LogP contribution in [0, 0.1) is 6.92 Å². The summed E-state index contributed by atoms with van der Waals surface area (Å²) in [6.07, 6.45) is 1.74. The average molecular weight is 281 g/mol. The SMILES string of the molecule is COc1ccc(-c2c(N)noc2-c2ccnc(C)c2)cc1. The van der Waals surface area contributed by atoms with Crippen molar-refractivity contribution < 1.29 is 9.26 Å². The number of methoxy groups -OCH3 is 1. The molecule has 3 aromatic rings. The third kappa shape index (κ3) is 2.45. The van der Waals surface area contributed by atoms with Crippen molar-refractivity contribution in [1.29, 1.82) is 0 Å². The fourth-order valence-corrected chi connectivity index (χ4v) is 2.22. The highest BCUT2D eigenvalue weighted by Gasteiger charge is 2.17. The van der Waals surface area contributed by atoms with Crippen LogP contribution in [0.3, 0.4) is 0 Å². The summed E-state index contributed by atoms with van der Waals surface area (Å²) in [5.74, 6) is 1.79. The van der Waals surface area contributed by atoms with Crippen molar-refractivity contribution >= 4 is 5.82 Å². The molecule has 1 aromatic carbocycles. The molecule has 0 saturated carbocycles. The molecule has 0 aliphatic carbocycles. The van der Waals surface area contributed by atoms with Gasteiger partial charge < -0.3 is 15.0 Å². The van der Waals surface area contributed by atoms with Gasteiger partial charge in [-0.3, -0.25) is 4.98 Å². The van der Waals surface area contributed by atoms with Crippen LogP contribution in [0.15, 0.2) is 47.1 Å². The van der Waals surface area contributed by atoms with Crippen LogP contribution in [0.5, 0.6) is 5.75 Å². The minimum atomic E-state index is 0.365. The van der Waals surface area contributed by atoms with Gasteiger partial charge in [0, 0.05) is 17.5 Å². The van der Waals surface area contributed by atoms with Crippen molar-refractivity contribution in [3.63, 3.8) is 0 Å². The van der Waals surface area contributed by atoms with Gasteiger partial charge in [-0.05, 0) is 36.8 Å². The molecule has 0 fully saturated rings. The Balaban J connectivity index is 2.12. The maximum absolute atomic E-state index is 5.97. The van der Waals surface area contributed by atoms with E-state index in [2.05, 4.69) is 10.1 Å². The second kappa shape index (κ2) is 5.28. The fraction of sp³-hybridized carbons (Fsp3) is 0.125. The Bertz CT molecular complexity index is 763. The summed E-state index contributed by atoms with van der Waals surface area (Å²) < 4.78 is 10.6. The number of ether oxygens (including phenoxy) is 1. The summed E-state index contributed by atoms with van der Waals surface area (Å²) >= 11 is 0. The van der Waals surface area contributed by atoms with Gasteiger partial charge in [-0.1, -0.05) is 17.3 Å². The first kappa shape index (κ1) is 13.2. The van der Waals surface area contributed by atoms with Gasteiger partial charge in [0.2, 0.25) is 0 Å². The molecule has 21 heavy (non-hydrogen) atoms. The number of anilines is 1. The highest BCUT2D eigenvalue weighted by molar-refractivity contribution is 5.86. The number of nitrogen functional groups attached to an aromatic ring is 1. The van der Waals surface area contributed by atoms with Crippen LogP contribution in [-0.2, 0) is 0 Å². The molecule has 0 atom stereocenters. The Labute approximate surface area is 122 Å². The van der Waals surface area contributed by atoms with E-state index in [-0.39, 0.29) is 0 Å². The number of nitrogens with zero attached hydrogens (tertiary/aromatic N) is 2. The Kier molecular flexibility index (Phi) is 3.31. The standard InChI is InChI=1S/C16H15N3O2/c1-10-9-12(7-8-18-10)15-14(16(17)19-21-15)11-3-5-13(20-2)6-4-11/h3-9H,1-2H3,(H2,17,19). The van der Waals surface area contributed by atoms with Crippen molar-refractivity contribution in [2.24, 2.45) is 0 Å². The Hall–Kier alpha value is -2.82. The third-order valence-electron chi connectivity index (χ3n) is 3.26. The van der Waals surface area contributed by atoms with Crippen LogP contribution in [-0.4, -0.2) is 17.3 Å². The zero-order valence-corrected chi connectivity index (χ0v) is 11.8. The van der Waals surface area contributed by atoms with Gasteiger partial charge in [0.15, 0.2) is 11.6 Å². The minimum absolute atomic E-state index is 0.365. The van der Waals surface area contributed by atoms with Gasteiger partial charge in [0.05, 0.1) is 12.7 Å². The number of nitrogens with two attached hydrogens (primary N) is 1. The quantitative estimate of drug-likeness (QED) is 0.797. The summed E-state index contributed by atoms with van der Waals surface area (Å²) in [5.41, 5.74) is 9.48. The van der Waals surface area contributed by atoms with E-state index in [9.17, 15) is 0 Å². The minimum Gasteiger partial charge on any atom is -0.497 e. The summed E-state index contributed by atoms with van der Waals surface area (Å²) in [6.45, 7) is 1.93. The number of hydrogen-bond acceptors (Lipinski definition) is 5.